The third kappa shape index (κ3) is 5.78. The number of carbonyl (C=O) groups excluding carboxylic acids is 2. The molecule has 1 N–H and O–H groups in total. The van der Waals surface area contributed by atoms with E-state index in [1.54, 1.807) is 6.20 Å². The maximum absolute atomic E-state index is 12.7. The third-order valence-electron chi connectivity index (χ3n) is 6.79. The third-order valence-corrected chi connectivity index (χ3v) is 6.79. The first-order chi connectivity index (χ1) is 14.2. The number of nitrogens with zero attached hydrogens (tertiary/aromatic N) is 3. The van der Waals surface area contributed by atoms with Crippen molar-refractivity contribution < 1.29 is 9.59 Å². The molecule has 1 aliphatic carbocycles. The van der Waals surface area contributed by atoms with Crippen molar-refractivity contribution in [2.75, 3.05) is 26.2 Å². The minimum Gasteiger partial charge on any atom is -0.350 e. The highest BCUT2D eigenvalue weighted by Gasteiger charge is 2.32. The predicted molar refractivity (Wildman–Crippen MR) is 112 cm³/mol. The van der Waals surface area contributed by atoms with Gasteiger partial charge in [0.05, 0.1) is 18.2 Å². The highest BCUT2D eigenvalue weighted by atomic mass is 16.2. The van der Waals surface area contributed by atoms with E-state index < -0.39 is 0 Å². The summed E-state index contributed by atoms with van der Waals surface area (Å²) >= 11 is 0. The van der Waals surface area contributed by atoms with E-state index in [9.17, 15) is 9.59 Å². The number of likely N-dealkylation sites (tertiary alicyclic amines) is 2. The molecule has 29 heavy (non-hydrogen) atoms. The smallest absolute Gasteiger partial charge is 0.224 e. The summed E-state index contributed by atoms with van der Waals surface area (Å²) < 4.78 is 0. The first-order valence-electron chi connectivity index (χ1n) is 11.4. The molecule has 0 unspecified atom stereocenters. The van der Waals surface area contributed by atoms with Gasteiger partial charge in [-0.1, -0.05) is 18.9 Å². The van der Waals surface area contributed by atoms with Gasteiger partial charge < -0.3 is 10.2 Å². The summed E-state index contributed by atoms with van der Waals surface area (Å²) in [7, 11) is 0. The zero-order valence-electron chi connectivity index (χ0n) is 17.4. The van der Waals surface area contributed by atoms with Crippen molar-refractivity contribution in [3.05, 3.63) is 30.1 Å². The van der Waals surface area contributed by atoms with Gasteiger partial charge in [0, 0.05) is 38.3 Å². The summed E-state index contributed by atoms with van der Waals surface area (Å²) in [5.74, 6) is 1.38. The fourth-order valence-electron chi connectivity index (χ4n) is 4.75. The first kappa shape index (κ1) is 20.3. The van der Waals surface area contributed by atoms with Crippen LogP contribution in [0, 0.1) is 11.8 Å². The molecular formula is C23H34N4O2. The van der Waals surface area contributed by atoms with E-state index in [0.29, 0.717) is 18.5 Å². The van der Waals surface area contributed by atoms with Gasteiger partial charge in [-0.3, -0.25) is 19.5 Å². The Morgan fingerprint density at radius 2 is 1.90 bits per heavy atom. The van der Waals surface area contributed by atoms with Crippen LogP contribution in [0.15, 0.2) is 24.4 Å². The molecule has 2 saturated heterocycles. The zero-order chi connectivity index (χ0) is 20.1. The number of hydrogen-bond acceptors (Lipinski definition) is 4. The molecule has 2 amide bonds. The van der Waals surface area contributed by atoms with E-state index in [-0.39, 0.29) is 11.8 Å². The zero-order valence-corrected chi connectivity index (χ0v) is 17.4. The van der Waals surface area contributed by atoms with Gasteiger partial charge in [-0.15, -0.1) is 0 Å². The van der Waals surface area contributed by atoms with Crippen LogP contribution in [0.2, 0.25) is 0 Å². The molecule has 2 aliphatic heterocycles. The van der Waals surface area contributed by atoms with E-state index in [4.69, 9.17) is 0 Å². The summed E-state index contributed by atoms with van der Waals surface area (Å²) in [5, 5.41) is 3.06. The van der Waals surface area contributed by atoms with Crippen molar-refractivity contribution in [1.82, 2.24) is 20.1 Å². The fourth-order valence-corrected chi connectivity index (χ4v) is 4.75. The fraction of sp³-hybridized carbons (Fsp3) is 0.696. The topological polar surface area (TPSA) is 65.5 Å². The Balaban J connectivity index is 1.20. The van der Waals surface area contributed by atoms with Gasteiger partial charge in [0.1, 0.15) is 0 Å². The SMILES string of the molecule is O=C(NCc1ccccn1)[C@H]1CCCN(C2CCN(C(=O)CCC3CC3)CC2)C1. The lowest BCUT2D eigenvalue weighted by molar-refractivity contribution is -0.133. The number of pyridine rings is 1. The second-order valence-corrected chi connectivity index (χ2v) is 8.97. The average molecular weight is 399 g/mol. The number of carbonyl (C=O) groups is 2. The Kier molecular flexibility index (Phi) is 6.80. The highest BCUT2D eigenvalue weighted by molar-refractivity contribution is 5.79. The van der Waals surface area contributed by atoms with Crippen molar-refractivity contribution >= 4 is 11.8 Å². The molecule has 3 heterocycles. The van der Waals surface area contributed by atoms with E-state index >= 15 is 0 Å². The van der Waals surface area contributed by atoms with Crippen molar-refractivity contribution in [2.45, 2.75) is 64.0 Å². The van der Waals surface area contributed by atoms with Crippen LogP contribution >= 0.6 is 0 Å². The predicted octanol–water partition coefficient (Wildman–Crippen LogP) is 2.59. The molecule has 1 aromatic heterocycles. The molecule has 158 valence electrons. The van der Waals surface area contributed by atoms with E-state index in [0.717, 1.165) is 76.3 Å². The molecule has 0 aromatic carbocycles. The molecule has 0 bridgehead atoms. The maximum Gasteiger partial charge on any atom is 0.224 e. The first-order valence-corrected chi connectivity index (χ1v) is 11.4. The van der Waals surface area contributed by atoms with Crippen LogP contribution in [-0.2, 0) is 16.1 Å². The Bertz CT molecular complexity index is 683. The van der Waals surface area contributed by atoms with Crippen LogP contribution < -0.4 is 5.32 Å². The van der Waals surface area contributed by atoms with Crippen molar-refractivity contribution in [1.29, 1.82) is 0 Å². The van der Waals surface area contributed by atoms with Crippen molar-refractivity contribution in [3.63, 3.8) is 0 Å². The number of rotatable bonds is 7. The largest absolute Gasteiger partial charge is 0.350 e. The van der Waals surface area contributed by atoms with Crippen LogP contribution in [0.4, 0.5) is 0 Å². The second kappa shape index (κ2) is 9.70. The van der Waals surface area contributed by atoms with Crippen LogP contribution in [0.1, 0.15) is 57.1 Å². The molecule has 1 atom stereocenters. The Labute approximate surface area is 174 Å². The normalized spacial score (nSPS) is 23.7. The Hall–Kier alpha value is -1.95. The van der Waals surface area contributed by atoms with Gasteiger partial charge in [-0.2, -0.15) is 0 Å². The minimum atomic E-state index is 0.0608. The van der Waals surface area contributed by atoms with E-state index in [1.807, 2.05) is 18.2 Å². The van der Waals surface area contributed by atoms with Crippen LogP contribution in [0.3, 0.4) is 0 Å². The number of piperidine rings is 2. The monoisotopic (exact) mass is 398 g/mol. The van der Waals surface area contributed by atoms with Gasteiger partial charge >= 0.3 is 0 Å². The average Bonchev–Trinajstić information content (AvgIpc) is 3.61. The summed E-state index contributed by atoms with van der Waals surface area (Å²) in [4.78, 5) is 33.9. The summed E-state index contributed by atoms with van der Waals surface area (Å²) in [6, 6.07) is 6.28. The lowest BCUT2D eigenvalue weighted by Crippen LogP contribution is -2.51. The van der Waals surface area contributed by atoms with Crippen LogP contribution in [0.5, 0.6) is 0 Å². The standard InChI is InChI=1S/C23H34N4O2/c28-22(9-8-18-6-7-18)26-14-10-21(11-15-26)27-13-3-4-19(17-27)23(29)25-16-20-5-1-2-12-24-20/h1-2,5,12,18-19,21H,3-4,6-11,13-17H2,(H,25,29)/t19-/m0/s1. The molecule has 0 radical (unpaired) electrons. The molecule has 0 spiro atoms. The summed E-state index contributed by atoms with van der Waals surface area (Å²) in [6.45, 7) is 4.17. The number of nitrogens with one attached hydrogen (secondary N) is 1. The molecule has 6 nitrogen and oxygen atoms in total. The molecule has 1 saturated carbocycles. The molecule has 4 rings (SSSR count). The lowest BCUT2D eigenvalue weighted by Gasteiger charge is -2.42. The van der Waals surface area contributed by atoms with E-state index in [2.05, 4.69) is 20.1 Å². The molecule has 3 fully saturated rings. The molecule has 6 heteroatoms. The van der Waals surface area contributed by atoms with Crippen molar-refractivity contribution in [3.8, 4) is 0 Å². The lowest BCUT2D eigenvalue weighted by atomic mass is 9.93. The highest BCUT2D eigenvalue weighted by Crippen LogP contribution is 2.34. The number of amides is 2. The van der Waals surface area contributed by atoms with Crippen LogP contribution in [0.25, 0.3) is 0 Å². The van der Waals surface area contributed by atoms with Crippen LogP contribution in [-0.4, -0.2) is 58.8 Å². The summed E-state index contributed by atoms with van der Waals surface area (Å²) in [6.07, 6.45) is 10.3. The maximum atomic E-state index is 12.7. The molecule has 1 aromatic rings. The number of hydrogen-bond donors (Lipinski definition) is 1. The Morgan fingerprint density at radius 3 is 2.62 bits per heavy atom. The van der Waals surface area contributed by atoms with Gasteiger partial charge in [-0.25, -0.2) is 0 Å². The Morgan fingerprint density at radius 1 is 1.07 bits per heavy atom. The minimum absolute atomic E-state index is 0.0608. The van der Waals surface area contributed by atoms with E-state index in [1.165, 1.54) is 12.8 Å². The van der Waals surface area contributed by atoms with Gasteiger partial charge in [0.25, 0.3) is 0 Å². The summed E-state index contributed by atoms with van der Waals surface area (Å²) in [5.41, 5.74) is 0.896. The second-order valence-electron chi connectivity index (χ2n) is 8.97. The quantitative estimate of drug-likeness (QED) is 0.767. The van der Waals surface area contributed by atoms with Crippen molar-refractivity contribution in [2.24, 2.45) is 11.8 Å². The molecule has 3 aliphatic rings. The molecular weight excluding hydrogens is 364 g/mol. The van der Waals surface area contributed by atoms with Gasteiger partial charge in [0.2, 0.25) is 11.8 Å². The number of aromatic nitrogens is 1. The van der Waals surface area contributed by atoms with Gasteiger partial charge in [-0.05, 0) is 56.7 Å². The van der Waals surface area contributed by atoms with Gasteiger partial charge in [0.15, 0.2) is 0 Å².